The summed E-state index contributed by atoms with van der Waals surface area (Å²) in [6, 6.07) is 11.3. The molecule has 2 aromatic rings. The Labute approximate surface area is 121 Å². The second-order valence-electron chi connectivity index (χ2n) is 4.51. The summed E-state index contributed by atoms with van der Waals surface area (Å²) in [6.07, 6.45) is 0. The van der Waals surface area contributed by atoms with Gasteiger partial charge in [-0.25, -0.2) is 9.59 Å². The predicted molar refractivity (Wildman–Crippen MR) is 75.9 cm³/mol. The number of aryl methyl sites for hydroxylation is 1. The summed E-state index contributed by atoms with van der Waals surface area (Å²) in [5.74, 6) is -1.87. The average molecular weight is 286 g/mol. The van der Waals surface area contributed by atoms with Crippen molar-refractivity contribution in [1.82, 2.24) is 0 Å². The Kier molecular flexibility index (Phi) is 4.23. The molecule has 0 aliphatic carbocycles. The van der Waals surface area contributed by atoms with Crippen molar-refractivity contribution in [2.24, 2.45) is 0 Å². The molecule has 0 bridgehead atoms. The first kappa shape index (κ1) is 14.6. The van der Waals surface area contributed by atoms with Crippen molar-refractivity contribution in [3.63, 3.8) is 0 Å². The number of ether oxygens (including phenoxy) is 1. The van der Waals surface area contributed by atoms with Crippen LogP contribution >= 0.6 is 0 Å². The van der Waals surface area contributed by atoms with Gasteiger partial charge in [0.15, 0.2) is 0 Å². The number of benzene rings is 2. The van der Waals surface area contributed by atoms with Crippen LogP contribution in [0.5, 0.6) is 5.75 Å². The van der Waals surface area contributed by atoms with Crippen LogP contribution in [0.3, 0.4) is 0 Å². The monoisotopic (exact) mass is 286 g/mol. The molecule has 2 N–H and O–H groups in total. The molecule has 0 aliphatic heterocycles. The summed E-state index contributed by atoms with van der Waals surface area (Å²) >= 11 is 0. The molecule has 0 unspecified atom stereocenters. The van der Waals surface area contributed by atoms with Gasteiger partial charge in [0.05, 0.1) is 5.56 Å². The van der Waals surface area contributed by atoms with E-state index in [1.807, 2.05) is 0 Å². The van der Waals surface area contributed by atoms with Gasteiger partial charge in [-0.05, 0) is 24.6 Å². The van der Waals surface area contributed by atoms with E-state index in [4.69, 9.17) is 14.9 Å². The zero-order chi connectivity index (χ0) is 15.4. The normalized spacial score (nSPS) is 10.1. The van der Waals surface area contributed by atoms with E-state index < -0.39 is 11.9 Å². The Morgan fingerprint density at radius 3 is 2.24 bits per heavy atom. The van der Waals surface area contributed by atoms with E-state index in [9.17, 15) is 9.59 Å². The van der Waals surface area contributed by atoms with Crippen molar-refractivity contribution in [2.75, 3.05) is 0 Å². The molecule has 0 saturated carbocycles. The molecule has 0 spiro atoms. The molecule has 5 nitrogen and oxygen atoms in total. The fourth-order valence-electron chi connectivity index (χ4n) is 2.02. The lowest BCUT2D eigenvalue weighted by Gasteiger charge is -2.13. The first-order valence-electron chi connectivity index (χ1n) is 6.27. The van der Waals surface area contributed by atoms with E-state index in [0.29, 0.717) is 11.1 Å². The maximum Gasteiger partial charge on any atom is 0.339 e. The van der Waals surface area contributed by atoms with Crippen LogP contribution in [0.2, 0.25) is 0 Å². The summed E-state index contributed by atoms with van der Waals surface area (Å²) in [4.78, 5) is 22.3. The summed E-state index contributed by atoms with van der Waals surface area (Å²) in [6.45, 7) is 1.73. The van der Waals surface area contributed by atoms with E-state index in [0.717, 1.165) is 0 Å². The van der Waals surface area contributed by atoms with Crippen molar-refractivity contribution >= 4 is 11.9 Å². The number of carbonyl (C=O) groups is 2. The lowest BCUT2D eigenvalue weighted by Crippen LogP contribution is -2.08. The average Bonchev–Trinajstić information content (AvgIpc) is 2.45. The van der Waals surface area contributed by atoms with Gasteiger partial charge in [-0.15, -0.1) is 0 Å². The van der Waals surface area contributed by atoms with Crippen molar-refractivity contribution in [2.45, 2.75) is 13.5 Å². The highest BCUT2D eigenvalue weighted by atomic mass is 16.5. The Morgan fingerprint density at radius 1 is 0.952 bits per heavy atom. The molecule has 21 heavy (non-hydrogen) atoms. The summed E-state index contributed by atoms with van der Waals surface area (Å²) in [7, 11) is 0. The number of carboxylic acids is 2. The SMILES string of the molecule is Cc1cccc(C(=O)O)c1OCc1ccccc1C(=O)O. The second kappa shape index (κ2) is 6.09. The molecule has 0 heterocycles. The predicted octanol–water partition coefficient (Wildman–Crippen LogP) is 2.97. The van der Waals surface area contributed by atoms with E-state index in [2.05, 4.69) is 0 Å². The van der Waals surface area contributed by atoms with Crippen molar-refractivity contribution in [3.8, 4) is 5.75 Å². The first-order valence-corrected chi connectivity index (χ1v) is 6.27. The highest BCUT2D eigenvalue weighted by Crippen LogP contribution is 2.25. The van der Waals surface area contributed by atoms with Gasteiger partial charge in [-0.1, -0.05) is 30.3 Å². The van der Waals surface area contributed by atoms with E-state index in [-0.39, 0.29) is 23.5 Å². The van der Waals surface area contributed by atoms with Crippen LogP contribution in [0, 0.1) is 6.92 Å². The van der Waals surface area contributed by atoms with E-state index in [1.54, 1.807) is 37.3 Å². The summed E-state index contributed by atoms with van der Waals surface area (Å²) < 4.78 is 5.56. The minimum absolute atomic E-state index is 0.00634. The number of hydrogen-bond donors (Lipinski definition) is 2. The molecule has 5 heteroatoms. The molecule has 0 atom stereocenters. The molecule has 0 saturated heterocycles. The Balaban J connectivity index is 2.29. The highest BCUT2D eigenvalue weighted by molar-refractivity contribution is 5.91. The van der Waals surface area contributed by atoms with Crippen molar-refractivity contribution in [3.05, 3.63) is 64.7 Å². The van der Waals surface area contributed by atoms with Crippen molar-refractivity contribution < 1.29 is 24.5 Å². The van der Waals surface area contributed by atoms with Crippen LogP contribution in [-0.4, -0.2) is 22.2 Å². The number of para-hydroxylation sites is 1. The van der Waals surface area contributed by atoms with Gasteiger partial charge in [0.1, 0.15) is 17.9 Å². The third kappa shape index (κ3) is 3.20. The zero-order valence-corrected chi connectivity index (χ0v) is 11.4. The standard InChI is InChI=1S/C16H14O5/c1-10-5-4-8-13(16(19)20)14(10)21-9-11-6-2-3-7-12(11)15(17)18/h2-8H,9H2,1H3,(H,17,18)(H,19,20). The van der Waals surface area contributed by atoms with Gasteiger partial charge in [0, 0.05) is 5.56 Å². The highest BCUT2D eigenvalue weighted by Gasteiger charge is 2.15. The fourth-order valence-corrected chi connectivity index (χ4v) is 2.02. The molecule has 2 aromatic carbocycles. The molecular formula is C16H14O5. The van der Waals surface area contributed by atoms with Crippen LogP contribution < -0.4 is 4.74 Å². The van der Waals surface area contributed by atoms with Crippen LogP contribution in [0.4, 0.5) is 0 Å². The quantitative estimate of drug-likeness (QED) is 0.882. The molecule has 0 aliphatic rings. The first-order chi connectivity index (χ1) is 10.0. The maximum atomic E-state index is 11.2. The molecule has 108 valence electrons. The molecule has 0 aromatic heterocycles. The van der Waals surface area contributed by atoms with Crippen LogP contribution in [0.15, 0.2) is 42.5 Å². The third-order valence-electron chi connectivity index (χ3n) is 3.06. The smallest absolute Gasteiger partial charge is 0.339 e. The minimum Gasteiger partial charge on any atom is -0.488 e. The summed E-state index contributed by atoms with van der Waals surface area (Å²) in [5, 5.41) is 18.3. The van der Waals surface area contributed by atoms with Crippen LogP contribution in [0.1, 0.15) is 31.8 Å². The Hall–Kier alpha value is -2.82. The number of rotatable bonds is 5. The number of carboxylic acid groups (broad SMARTS) is 2. The summed E-state index contributed by atoms with van der Waals surface area (Å²) in [5.41, 5.74) is 1.37. The Morgan fingerprint density at radius 2 is 1.57 bits per heavy atom. The van der Waals surface area contributed by atoms with Gasteiger partial charge in [-0.3, -0.25) is 0 Å². The lowest BCUT2D eigenvalue weighted by atomic mass is 10.1. The molecule has 0 fully saturated rings. The number of hydrogen-bond acceptors (Lipinski definition) is 3. The van der Waals surface area contributed by atoms with Gasteiger partial charge >= 0.3 is 11.9 Å². The zero-order valence-electron chi connectivity index (χ0n) is 11.4. The molecule has 2 rings (SSSR count). The van der Waals surface area contributed by atoms with Gasteiger partial charge in [-0.2, -0.15) is 0 Å². The Bertz CT molecular complexity index is 691. The van der Waals surface area contributed by atoms with Crippen molar-refractivity contribution in [1.29, 1.82) is 0 Å². The lowest BCUT2D eigenvalue weighted by molar-refractivity contribution is 0.0678. The van der Waals surface area contributed by atoms with Gasteiger partial charge in [0.2, 0.25) is 0 Å². The third-order valence-corrected chi connectivity index (χ3v) is 3.06. The molecular weight excluding hydrogens is 272 g/mol. The number of aromatic carboxylic acids is 2. The molecule has 0 amide bonds. The fraction of sp³-hybridized carbons (Fsp3) is 0.125. The van der Waals surface area contributed by atoms with E-state index in [1.165, 1.54) is 12.1 Å². The molecule has 0 radical (unpaired) electrons. The maximum absolute atomic E-state index is 11.2. The van der Waals surface area contributed by atoms with Gasteiger partial charge in [0.25, 0.3) is 0 Å². The van der Waals surface area contributed by atoms with Crippen LogP contribution in [-0.2, 0) is 6.61 Å². The second-order valence-corrected chi connectivity index (χ2v) is 4.51. The minimum atomic E-state index is -1.08. The largest absolute Gasteiger partial charge is 0.488 e. The van der Waals surface area contributed by atoms with Gasteiger partial charge < -0.3 is 14.9 Å². The van der Waals surface area contributed by atoms with E-state index >= 15 is 0 Å². The van der Waals surface area contributed by atoms with Crippen LogP contribution in [0.25, 0.3) is 0 Å². The topological polar surface area (TPSA) is 83.8 Å².